The number of nitrogens with zero attached hydrogens (tertiary/aromatic N) is 3. The normalized spacial score (nSPS) is 15.4. The molecular formula is C20H24N4OS. The van der Waals surface area contributed by atoms with Crippen LogP contribution in [0.4, 0.5) is 0 Å². The summed E-state index contributed by atoms with van der Waals surface area (Å²) in [5, 5.41) is 10.3. The number of amides is 1. The lowest BCUT2D eigenvalue weighted by atomic mass is 9.85. The van der Waals surface area contributed by atoms with E-state index >= 15 is 0 Å². The van der Waals surface area contributed by atoms with Crippen molar-refractivity contribution in [3.8, 4) is 0 Å². The molecule has 6 heteroatoms. The first-order valence-corrected chi connectivity index (χ1v) is 10.2. The first kappa shape index (κ1) is 17.2. The van der Waals surface area contributed by atoms with Crippen molar-refractivity contribution in [1.29, 1.82) is 0 Å². The van der Waals surface area contributed by atoms with Crippen LogP contribution in [0.15, 0.2) is 29.8 Å². The molecule has 3 heterocycles. The highest BCUT2D eigenvalue weighted by molar-refractivity contribution is 7.09. The molecule has 3 aromatic heterocycles. The predicted octanol–water partition coefficient (Wildman–Crippen LogP) is 4.08. The highest BCUT2D eigenvalue weighted by atomic mass is 32.1. The van der Waals surface area contributed by atoms with Gasteiger partial charge in [-0.1, -0.05) is 38.2 Å². The fraction of sp³-hybridized carbons (Fsp3) is 0.450. The Kier molecular flexibility index (Phi) is 5.02. The molecule has 0 saturated heterocycles. The smallest absolute Gasteiger partial charge is 0.272 e. The molecule has 136 valence electrons. The molecule has 0 aromatic carbocycles. The van der Waals surface area contributed by atoms with E-state index in [4.69, 9.17) is 0 Å². The molecule has 0 atom stereocenters. The molecule has 1 fully saturated rings. The number of carbonyl (C=O) groups excluding carboxylic acids is 1. The van der Waals surface area contributed by atoms with E-state index in [1.807, 2.05) is 30.8 Å². The summed E-state index contributed by atoms with van der Waals surface area (Å²) in [7, 11) is 1.84. The third-order valence-corrected chi connectivity index (χ3v) is 6.08. The molecule has 1 N–H and O–H groups in total. The number of hydrogen-bond acceptors (Lipinski definition) is 4. The highest BCUT2D eigenvalue weighted by Crippen LogP contribution is 2.28. The zero-order chi connectivity index (χ0) is 17.9. The van der Waals surface area contributed by atoms with Gasteiger partial charge in [0.2, 0.25) is 0 Å². The van der Waals surface area contributed by atoms with Gasteiger partial charge in [-0.2, -0.15) is 5.10 Å². The van der Waals surface area contributed by atoms with Crippen LogP contribution in [0.25, 0.3) is 11.0 Å². The Balaban J connectivity index is 1.55. The highest BCUT2D eigenvalue weighted by Gasteiger charge is 2.19. The summed E-state index contributed by atoms with van der Waals surface area (Å²) in [6, 6.07) is 6.12. The van der Waals surface area contributed by atoms with E-state index < -0.39 is 0 Å². The minimum Gasteiger partial charge on any atom is -0.346 e. The third kappa shape index (κ3) is 3.65. The van der Waals surface area contributed by atoms with Crippen molar-refractivity contribution in [2.45, 2.75) is 45.1 Å². The number of carbonyl (C=O) groups is 1. The lowest BCUT2D eigenvalue weighted by molar-refractivity contribution is 0.0947. The first-order valence-electron chi connectivity index (χ1n) is 9.33. The van der Waals surface area contributed by atoms with Crippen LogP contribution in [0.3, 0.4) is 0 Å². The van der Waals surface area contributed by atoms with Crippen molar-refractivity contribution in [3.63, 3.8) is 0 Å². The van der Waals surface area contributed by atoms with Crippen molar-refractivity contribution in [1.82, 2.24) is 20.1 Å². The van der Waals surface area contributed by atoms with E-state index in [-0.39, 0.29) is 5.91 Å². The Hall–Kier alpha value is -2.21. The summed E-state index contributed by atoms with van der Waals surface area (Å²) < 4.78 is 1.69. The SMILES string of the molecule is Cn1nc(C(=O)NCc2cccs2)c2cc(CC3CCCCC3)cnc21. The number of fused-ring (bicyclic) bond motifs is 1. The molecule has 0 bridgehead atoms. The Morgan fingerprint density at radius 1 is 1.35 bits per heavy atom. The summed E-state index contributed by atoms with van der Waals surface area (Å²) in [6.45, 7) is 0.532. The van der Waals surface area contributed by atoms with Crippen LogP contribution in [-0.2, 0) is 20.0 Å². The number of nitrogens with one attached hydrogen (secondary N) is 1. The van der Waals surface area contributed by atoms with Crippen molar-refractivity contribution in [2.24, 2.45) is 13.0 Å². The molecule has 3 aromatic rings. The van der Waals surface area contributed by atoms with Crippen LogP contribution in [0, 0.1) is 5.92 Å². The zero-order valence-electron chi connectivity index (χ0n) is 15.1. The first-order chi connectivity index (χ1) is 12.7. The Labute approximate surface area is 157 Å². The summed E-state index contributed by atoms with van der Waals surface area (Å²) in [5.74, 6) is 0.608. The molecule has 1 amide bonds. The van der Waals surface area contributed by atoms with Crippen molar-refractivity contribution in [3.05, 3.63) is 45.9 Å². The van der Waals surface area contributed by atoms with Crippen LogP contribution in [0.2, 0.25) is 0 Å². The second-order valence-corrected chi connectivity index (χ2v) is 8.19. The number of aryl methyl sites for hydroxylation is 1. The topological polar surface area (TPSA) is 59.8 Å². The molecule has 1 aliphatic carbocycles. The van der Waals surface area contributed by atoms with E-state index in [2.05, 4.69) is 21.5 Å². The quantitative estimate of drug-likeness (QED) is 0.738. The summed E-state index contributed by atoms with van der Waals surface area (Å²) in [5.41, 5.74) is 2.44. The number of rotatable bonds is 5. The second kappa shape index (κ2) is 7.58. The molecular weight excluding hydrogens is 344 g/mol. The van der Waals surface area contributed by atoms with E-state index in [0.29, 0.717) is 12.2 Å². The summed E-state index contributed by atoms with van der Waals surface area (Å²) in [6.07, 6.45) is 9.65. The van der Waals surface area contributed by atoms with Gasteiger partial charge in [0, 0.05) is 18.1 Å². The number of aromatic nitrogens is 3. The van der Waals surface area contributed by atoms with Gasteiger partial charge in [-0.25, -0.2) is 9.67 Å². The van der Waals surface area contributed by atoms with E-state index in [1.165, 1.54) is 37.7 Å². The van der Waals surface area contributed by atoms with E-state index in [0.717, 1.165) is 28.2 Å². The molecule has 0 unspecified atom stereocenters. The van der Waals surface area contributed by atoms with Crippen LogP contribution < -0.4 is 5.32 Å². The van der Waals surface area contributed by atoms with E-state index in [9.17, 15) is 4.79 Å². The lowest BCUT2D eigenvalue weighted by Gasteiger charge is -2.21. The van der Waals surface area contributed by atoms with Crippen LogP contribution >= 0.6 is 11.3 Å². The largest absolute Gasteiger partial charge is 0.346 e. The molecule has 1 saturated carbocycles. The summed E-state index contributed by atoms with van der Waals surface area (Å²) >= 11 is 1.64. The number of hydrogen-bond donors (Lipinski definition) is 1. The third-order valence-electron chi connectivity index (χ3n) is 5.20. The molecule has 0 aliphatic heterocycles. The molecule has 0 radical (unpaired) electrons. The maximum absolute atomic E-state index is 12.7. The average Bonchev–Trinajstić information content (AvgIpc) is 3.29. The van der Waals surface area contributed by atoms with Crippen LogP contribution in [-0.4, -0.2) is 20.7 Å². The van der Waals surface area contributed by atoms with Gasteiger partial charge in [-0.15, -0.1) is 11.3 Å². The lowest BCUT2D eigenvalue weighted by Crippen LogP contribution is -2.23. The second-order valence-electron chi connectivity index (χ2n) is 7.16. The van der Waals surface area contributed by atoms with Crippen molar-refractivity contribution < 1.29 is 4.79 Å². The van der Waals surface area contributed by atoms with Crippen molar-refractivity contribution >= 4 is 28.3 Å². The summed E-state index contributed by atoms with van der Waals surface area (Å²) in [4.78, 5) is 18.4. The molecule has 26 heavy (non-hydrogen) atoms. The number of thiophene rings is 1. The van der Waals surface area contributed by atoms with Gasteiger partial charge < -0.3 is 5.32 Å². The Morgan fingerprint density at radius 2 is 2.19 bits per heavy atom. The minimum atomic E-state index is -0.138. The van der Waals surface area contributed by atoms with Gasteiger partial charge in [0.15, 0.2) is 11.3 Å². The van der Waals surface area contributed by atoms with Crippen LogP contribution in [0.1, 0.15) is 53.0 Å². The van der Waals surface area contributed by atoms with Gasteiger partial charge in [-0.05, 0) is 35.4 Å². The van der Waals surface area contributed by atoms with Gasteiger partial charge in [0.1, 0.15) is 0 Å². The average molecular weight is 369 g/mol. The Bertz CT molecular complexity index is 894. The van der Waals surface area contributed by atoms with Gasteiger partial charge in [0.25, 0.3) is 5.91 Å². The van der Waals surface area contributed by atoms with Gasteiger partial charge >= 0.3 is 0 Å². The monoisotopic (exact) mass is 368 g/mol. The predicted molar refractivity (Wildman–Crippen MR) is 104 cm³/mol. The molecule has 0 spiro atoms. The molecule has 5 nitrogen and oxygen atoms in total. The fourth-order valence-electron chi connectivity index (χ4n) is 3.85. The fourth-order valence-corrected chi connectivity index (χ4v) is 4.50. The zero-order valence-corrected chi connectivity index (χ0v) is 15.9. The van der Waals surface area contributed by atoms with Crippen LogP contribution in [0.5, 0.6) is 0 Å². The molecule has 4 rings (SSSR count). The van der Waals surface area contributed by atoms with Gasteiger partial charge in [-0.3, -0.25) is 4.79 Å². The number of pyridine rings is 1. The maximum atomic E-state index is 12.7. The maximum Gasteiger partial charge on any atom is 0.272 e. The van der Waals surface area contributed by atoms with E-state index in [1.54, 1.807) is 16.0 Å². The van der Waals surface area contributed by atoms with Crippen molar-refractivity contribution in [2.75, 3.05) is 0 Å². The molecule has 1 aliphatic rings. The Morgan fingerprint density at radius 3 is 2.96 bits per heavy atom. The standard InChI is InChI=1S/C20H24N4OS/c1-24-19-17(11-15(12-21-19)10-14-6-3-2-4-7-14)18(23-24)20(25)22-13-16-8-5-9-26-16/h5,8-9,11-12,14H,2-4,6-7,10,13H2,1H3,(H,22,25). The minimum absolute atomic E-state index is 0.138. The van der Waals surface area contributed by atoms with Gasteiger partial charge in [0.05, 0.1) is 11.9 Å².